The Kier molecular flexibility index (Phi) is 2.83. The van der Waals surface area contributed by atoms with Crippen LogP contribution in [0.4, 0.5) is 0 Å². The van der Waals surface area contributed by atoms with E-state index in [0.717, 1.165) is 19.4 Å². The second-order valence-corrected chi connectivity index (χ2v) is 4.84. The summed E-state index contributed by atoms with van der Waals surface area (Å²) in [5, 5.41) is 4.03. The molecule has 0 N–H and O–H groups in total. The number of aromatic nitrogens is 2. The van der Waals surface area contributed by atoms with Gasteiger partial charge in [-0.3, -0.25) is 9.48 Å². The normalized spacial score (nSPS) is 22.6. The van der Waals surface area contributed by atoms with E-state index < -0.39 is 5.79 Å². The fraction of sp³-hybridized carbons (Fsp3) is 0.667. The number of piperidine rings is 1. The van der Waals surface area contributed by atoms with E-state index in [9.17, 15) is 4.79 Å². The lowest BCUT2D eigenvalue weighted by Gasteiger charge is -2.38. The lowest BCUT2D eigenvalue weighted by atomic mass is 10.0. The van der Waals surface area contributed by atoms with Crippen LogP contribution >= 0.6 is 0 Å². The smallest absolute Gasteiger partial charge is 0.257 e. The molecule has 1 aromatic rings. The van der Waals surface area contributed by atoms with Gasteiger partial charge in [-0.2, -0.15) is 5.10 Å². The Labute approximate surface area is 105 Å². The minimum Gasteiger partial charge on any atom is -0.346 e. The third-order valence-electron chi connectivity index (χ3n) is 3.47. The molecule has 0 aromatic carbocycles. The number of amides is 1. The van der Waals surface area contributed by atoms with E-state index in [-0.39, 0.29) is 5.91 Å². The van der Waals surface area contributed by atoms with Gasteiger partial charge in [0.15, 0.2) is 5.79 Å². The molecule has 0 bridgehead atoms. The van der Waals surface area contributed by atoms with E-state index in [1.807, 2.05) is 0 Å². The van der Waals surface area contributed by atoms with Crippen LogP contribution in [0.5, 0.6) is 0 Å². The summed E-state index contributed by atoms with van der Waals surface area (Å²) in [6.45, 7) is 2.51. The molecule has 1 spiro atoms. The zero-order valence-electron chi connectivity index (χ0n) is 10.5. The van der Waals surface area contributed by atoms with Crippen molar-refractivity contribution >= 4 is 5.91 Å². The van der Waals surface area contributed by atoms with Crippen LogP contribution in [0, 0.1) is 0 Å². The maximum Gasteiger partial charge on any atom is 0.257 e. The first-order valence-electron chi connectivity index (χ1n) is 6.24. The molecule has 2 aliphatic heterocycles. The van der Waals surface area contributed by atoms with Crippen LogP contribution in [0.15, 0.2) is 12.4 Å². The van der Waals surface area contributed by atoms with Crippen LogP contribution in [0.25, 0.3) is 0 Å². The lowest BCUT2D eigenvalue weighted by molar-refractivity contribution is -0.183. The Bertz CT molecular complexity index is 451. The van der Waals surface area contributed by atoms with Gasteiger partial charge in [0.25, 0.3) is 5.91 Å². The topological polar surface area (TPSA) is 56.6 Å². The largest absolute Gasteiger partial charge is 0.346 e. The Hall–Kier alpha value is -1.40. The molecule has 0 saturated carbocycles. The number of hydrogen-bond donors (Lipinski definition) is 0. The molecule has 0 unspecified atom stereocenters. The summed E-state index contributed by atoms with van der Waals surface area (Å²) in [7, 11) is 1.80. The zero-order valence-corrected chi connectivity index (χ0v) is 10.5. The number of rotatable bonds is 1. The van der Waals surface area contributed by atoms with Crippen molar-refractivity contribution < 1.29 is 14.3 Å². The standard InChI is InChI=1S/C12H17N3O3/c1-14-8-10(7-13-14)11(16)15-4-2-3-12(9-15)17-5-6-18-12/h7-8H,2-6,9H2,1H3. The highest BCUT2D eigenvalue weighted by Crippen LogP contribution is 2.30. The van der Waals surface area contributed by atoms with Crippen LogP contribution < -0.4 is 0 Å². The van der Waals surface area contributed by atoms with Gasteiger partial charge in [-0.1, -0.05) is 0 Å². The molecule has 98 valence electrons. The highest BCUT2D eigenvalue weighted by molar-refractivity contribution is 5.93. The van der Waals surface area contributed by atoms with Crippen molar-refractivity contribution in [3.8, 4) is 0 Å². The number of ether oxygens (including phenoxy) is 2. The number of aryl methyl sites for hydroxylation is 1. The number of hydrogen-bond acceptors (Lipinski definition) is 4. The fourth-order valence-electron chi connectivity index (χ4n) is 2.61. The fourth-order valence-corrected chi connectivity index (χ4v) is 2.61. The van der Waals surface area contributed by atoms with Gasteiger partial charge >= 0.3 is 0 Å². The molecule has 2 saturated heterocycles. The summed E-state index contributed by atoms with van der Waals surface area (Å²) >= 11 is 0. The molecular weight excluding hydrogens is 234 g/mol. The van der Waals surface area contributed by atoms with Crippen LogP contribution in [0.1, 0.15) is 23.2 Å². The van der Waals surface area contributed by atoms with Crippen molar-refractivity contribution in [2.24, 2.45) is 7.05 Å². The van der Waals surface area contributed by atoms with Gasteiger partial charge in [0.1, 0.15) is 0 Å². The van der Waals surface area contributed by atoms with Crippen molar-refractivity contribution in [1.82, 2.24) is 14.7 Å². The molecule has 0 aliphatic carbocycles. The van der Waals surface area contributed by atoms with Gasteiger partial charge in [-0.25, -0.2) is 0 Å². The van der Waals surface area contributed by atoms with E-state index >= 15 is 0 Å². The molecule has 6 nitrogen and oxygen atoms in total. The monoisotopic (exact) mass is 251 g/mol. The predicted octanol–water partition coefficient (Wildman–Crippen LogP) is 0.399. The van der Waals surface area contributed by atoms with E-state index in [0.29, 0.717) is 25.3 Å². The summed E-state index contributed by atoms with van der Waals surface area (Å²) in [6, 6.07) is 0. The molecule has 3 heterocycles. The van der Waals surface area contributed by atoms with Crippen LogP contribution in [-0.4, -0.2) is 52.7 Å². The minimum absolute atomic E-state index is 0.00118. The van der Waals surface area contributed by atoms with Crippen molar-refractivity contribution in [1.29, 1.82) is 0 Å². The first-order chi connectivity index (χ1) is 8.69. The van der Waals surface area contributed by atoms with Crippen molar-refractivity contribution in [2.45, 2.75) is 18.6 Å². The second-order valence-electron chi connectivity index (χ2n) is 4.84. The van der Waals surface area contributed by atoms with Gasteiger partial charge in [0.2, 0.25) is 0 Å². The highest BCUT2D eigenvalue weighted by Gasteiger charge is 2.42. The quantitative estimate of drug-likeness (QED) is 0.725. The summed E-state index contributed by atoms with van der Waals surface area (Å²) in [5.74, 6) is -0.558. The third-order valence-corrected chi connectivity index (χ3v) is 3.47. The van der Waals surface area contributed by atoms with Crippen LogP contribution in [-0.2, 0) is 16.5 Å². The molecule has 1 aromatic heterocycles. The molecule has 18 heavy (non-hydrogen) atoms. The highest BCUT2D eigenvalue weighted by atomic mass is 16.7. The summed E-state index contributed by atoms with van der Waals surface area (Å²) in [4.78, 5) is 14.1. The SMILES string of the molecule is Cn1cc(C(=O)N2CCCC3(C2)OCCO3)cn1. The van der Waals surface area contributed by atoms with Gasteiger partial charge in [0, 0.05) is 26.2 Å². The molecule has 2 fully saturated rings. The summed E-state index contributed by atoms with van der Waals surface area (Å²) < 4.78 is 13.0. The molecule has 2 aliphatic rings. The summed E-state index contributed by atoms with van der Waals surface area (Å²) in [5.41, 5.74) is 0.618. The Morgan fingerprint density at radius 2 is 2.22 bits per heavy atom. The summed E-state index contributed by atoms with van der Waals surface area (Å²) in [6.07, 6.45) is 5.11. The number of carbonyl (C=O) groups is 1. The first-order valence-corrected chi connectivity index (χ1v) is 6.24. The Morgan fingerprint density at radius 1 is 1.44 bits per heavy atom. The molecule has 1 amide bonds. The molecular formula is C12H17N3O3. The van der Waals surface area contributed by atoms with Gasteiger partial charge in [-0.15, -0.1) is 0 Å². The number of carbonyl (C=O) groups excluding carboxylic acids is 1. The van der Waals surface area contributed by atoms with Crippen LogP contribution in [0.2, 0.25) is 0 Å². The minimum atomic E-state index is -0.559. The molecule has 0 atom stereocenters. The van der Waals surface area contributed by atoms with E-state index in [1.54, 1.807) is 29.0 Å². The second kappa shape index (κ2) is 4.37. The molecule has 3 rings (SSSR count). The average molecular weight is 251 g/mol. The van der Waals surface area contributed by atoms with Crippen molar-refractivity contribution in [3.63, 3.8) is 0 Å². The Morgan fingerprint density at radius 3 is 2.89 bits per heavy atom. The van der Waals surface area contributed by atoms with Gasteiger partial charge in [-0.05, 0) is 6.42 Å². The van der Waals surface area contributed by atoms with E-state index in [1.165, 1.54) is 0 Å². The zero-order chi connectivity index (χ0) is 12.6. The molecule has 0 radical (unpaired) electrons. The van der Waals surface area contributed by atoms with Crippen LogP contribution in [0.3, 0.4) is 0 Å². The number of likely N-dealkylation sites (tertiary alicyclic amines) is 1. The Balaban J connectivity index is 1.74. The lowest BCUT2D eigenvalue weighted by Crippen LogP contribution is -2.51. The van der Waals surface area contributed by atoms with Crippen molar-refractivity contribution in [3.05, 3.63) is 18.0 Å². The third kappa shape index (κ3) is 2.02. The van der Waals surface area contributed by atoms with Crippen molar-refractivity contribution in [2.75, 3.05) is 26.3 Å². The average Bonchev–Trinajstić information content (AvgIpc) is 2.98. The maximum absolute atomic E-state index is 12.3. The van der Waals surface area contributed by atoms with E-state index in [2.05, 4.69) is 5.10 Å². The maximum atomic E-state index is 12.3. The predicted molar refractivity (Wildman–Crippen MR) is 63.0 cm³/mol. The number of nitrogens with zero attached hydrogens (tertiary/aromatic N) is 3. The van der Waals surface area contributed by atoms with E-state index in [4.69, 9.17) is 9.47 Å². The van der Waals surface area contributed by atoms with Gasteiger partial charge in [0.05, 0.1) is 31.5 Å². The molecule has 6 heteroatoms. The van der Waals surface area contributed by atoms with Gasteiger partial charge < -0.3 is 14.4 Å². The first kappa shape index (κ1) is 11.7.